The molecule has 0 amide bonds. The van der Waals surface area contributed by atoms with Gasteiger partial charge in [-0.25, -0.2) is 4.39 Å². The summed E-state index contributed by atoms with van der Waals surface area (Å²) in [6.45, 7) is 0.754. The van der Waals surface area contributed by atoms with Crippen LogP contribution in [-0.4, -0.2) is 36.9 Å². The summed E-state index contributed by atoms with van der Waals surface area (Å²) in [6.07, 6.45) is 0.214. The molecule has 0 bridgehead atoms. The molecule has 0 unspecified atom stereocenters. The fourth-order valence-electron chi connectivity index (χ4n) is 1.98. The number of ether oxygens (including phenoxy) is 2. The van der Waals surface area contributed by atoms with Gasteiger partial charge in [0, 0.05) is 0 Å². The molecule has 0 spiro atoms. The van der Waals surface area contributed by atoms with Crippen LogP contribution in [0.3, 0.4) is 0 Å². The molecule has 2 aromatic rings. The normalized spacial score (nSPS) is 10.3. The maximum absolute atomic E-state index is 13.6. The van der Waals surface area contributed by atoms with Crippen molar-refractivity contribution in [3.05, 3.63) is 59.4 Å². The minimum atomic E-state index is -2.21. The van der Waals surface area contributed by atoms with Crippen LogP contribution in [0.1, 0.15) is 15.9 Å². The van der Waals surface area contributed by atoms with Gasteiger partial charge in [0.25, 0.3) is 0 Å². The van der Waals surface area contributed by atoms with Crippen LogP contribution in [0.4, 0.5) is 4.39 Å². The van der Waals surface area contributed by atoms with Crippen LogP contribution < -0.4 is 9.39 Å². The topological polar surface area (TPSA) is 85.2 Å². The fourth-order valence-corrected chi connectivity index (χ4v) is 1.98. The van der Waals surface area contributed by atoms with Crippen LogP contribution in [0.5, 0.6) is 11.5 Å². The van der Waals surface area contributed by atoms with Crippen molar-refractivity contribution in [2.75, 3.05) is 13.2 Å². The number of hydrogen-bond donors (Lipinski definition) is 2. The molecule has 0 saturated heterocycles. The number of carbonyl (C=O) groups excluding carboxylic acids is 1. The Hall–Kier alpha value is -2.42. The van der Waals surface area contributed by atoms with E-state index in [9.17, 15) is 9.18 Å². The maximum Gasteiger partial charge on any atom is 0.707 e. The highest BCUT2D eigenvalue weighted by atomic mass is 19.1. The Morgan fingerprint density at radius 3 is 2.50 bits per heavy atom. The van der Waals surface area contributed by atoms with E-state index in [1.54, 1.807) is 0 Å². The third-order valence-corrected chi connectivity index (χ3v) is 3.04. The predicted molar refractivity (Wildman–Crippen MR) is 84.2 cm³/mol. The Balaban J connectivity index is 1.93. The van der Waals surface area contributed by atoms with Gasteiger partial charge in [0.2, 0.25) is 0 Å². The molecule has 0 fully saturated rings. The van der Waals surface area contributed by atoms with Gasteiger partial charge in [0.1, 0.15) is 12.4 Å². The lowest BCUT2D eigenvalue weighted by atomic mass is 10.1. The number of rotatable bonds is 9. The van der Waals surface area contributed by atoms with E-state index in [-0.39, 0.29) is 31.0 Å². The summed E-state index contributed by atoms with van der Waals surface area (Å²) in [4.78, 5) is 11.0. The van der Waals surface area contributed by atoms with E-state index >= 15 is 0 Å². The molecular weight excluding hydrogens is 318 g/mol. The highest BCUT2D eigenvalue weighted by molar-refractivity contribution is 6.34. The summed E-state index contributed by atoms with van der Waals surface area (Å²) >= 11 is 0. The molecule has 0 aliphatic heterocycles. The largest absolute Gasteiger partial charge is 0.707 e. The van der Waals surface area contributed by atoms with Crippen molar-refractivity contribution in [3.8, 4) is 11.5 Å². The van der Waals surface area contributed by atoms with Crippen LogP contribution in [0, 0.1) is 5.82 Å². The smallest absolute Gasteiger partial charge is 0.508 e. The molecule has 2 aromatic carbocycles. The Labute approximate surface area is 138 Å². The average Bonchev–Trinajstić information content (AvgIpc) is 2.57. The van der Waals surface area contributed by atoms with Gasteiger partial charge in [0.15, 0.2) is 17.8 Å². The van der Waals surface area contributed by atoms with Crippen LogP contribution in [0.15, 0.2) is 42.5 Å². The Kier molecular flexibility index (Phi) is 6.74. The molecule has 2 rings (SSSR count). The first-order chi connectivity index (χ1) is 11.6. The molecule has 8 heteroatoms. The lowest BCUT2D eigenvalue weighted by Crippen LogP contribution is -2.22. The summed E-state index contributed by atoms with van der Waals surface area (Å²) in [6, 6.07) is 11.8. The molecule has 24 heavy (non-hydrogen) atoms. The molecule has 0 atom stereocenters. The van der Waals surface area contributed by atoms with Crippen LogP contribution in [0.2, 0.25) is 0 Å². The van der Waals surface area contributed by atoms with Gasteiger partial charge in [-0.05, 0) is 17.7 Å². The monoisotopic (exact) mass is 334 g/mol. The van der Waals surface area contributed by atoms with E-state index in [0.29, 0.717) is 6.61 Å². The van der Waals surface area contributed by atoms with E-state index < -0.39 is 18.7 Å². The first kappa shape index (κ1) is 17.9. The highest BCUT2D eigenvalue weighted by Gasteiger charge is 2.21. The molecular formula is C16H16BFO6. The molecule has 0 saturated carbocycles. The third-order valence-electron chi connectivity index (χ3n) is 3.04. The average molecular weight is 334 g/mol. The van der Waals surface area contributed by atoms with Crippen molar-refractivity contribution in [3.63, 3.8) is 0 Å². The highest BCUT2D eigenvalue weighted by Crippen LogP contribution is 2.32. The number of benzene rings is 2. The van der Waals surface area contributed by atoms with Gasteiger partial charge in [-0.15, -0.1) is 0 Å². The van der Waals surface area contributed by atoms with Crippen molar-refractivity contribution in [2.45, 2.75) is 6.61 Å². The summed E-state index contributed by atoms with van der Waals surface area (Å²) in [7, 11) is -2.21. The Bertz CT molecular complexity index is 665. The summed E-state index contributed by atoms with van der Waals surface area (Å²) in [5.41, 5.74) is 0.556. The molecule has 0 aliphatic rings. The van der Waals surface area contributed by atoms with Crippen LogP contribution in [-0.2, 0) is 11.3 Å². The zero-order chi connectivity index (χ0) is 17.4. The van der Waals surface area contributed by atoms with Gasteiger partial charge >= 0.3 is 7.32 Å². The minimum absolute atomic E-state index is 0.00918. The summed E-state index contributed by atoms with van der Waals surface area (Å²) < 4.78 is 29.0. The van der Waals surface area contributed by atoms with E-state index in [4.69, 9.17) is 19.5 Å². The van der Waals surface area contributed by atoms with Crippen molar-refractivity contribution in [2.24, 2.45) is 0 Å². The van der Waals surface area contributed by atoms with Crippen molar-refractivity contribution in [1.29, 1.82) is 0 Å². The van der Waals surface area contributed by atoms with E-state index in [1.807, 2.05) is 30.3 Å². The zero-order valence-corrected chi connectivity index (χ0v) is 12.7. The molecule has 0 aliphatic carbocycles. The lowest BCUT2D eigenvalue weighted by molar-refractivity contribution is 0.0879. The second kappa shape index (κ2) is 9.02. The Morgan fingerprint density at radius 1 is 1.08 bits per heavy atom. The second-order valence-corrected chi connectivity index (χ2v) is 4.74. The van der Waals surface area contributed by atoms with Crippen molar-refractivity contribution >= 4 is 13.6 Å². The molecule has 126 valence electrons. The van der Waals surface area contributed by atoms with Crippen LogP contribution in [0.25, 0.3) is 0 Å². The molecule has 0 heterocycles. The third kappa shape index (κ3) is 5.05. The van der Waals surface area contributed by atoms with Crippen molar-refractivity contribution < 1.29 is 33.4 Å². The Morgan fingerprint density at radius 2 is 1.83 bits per heavy atom. The SMILES string of the molecule is O=Cc1c(F)ccc(OCCOCc2ccccc2)c1OB(O)O. The van der Waals surface area contributed by atoms with Gasteiger partial charge < -0.3 is 24.2 Å². The van der Waals surface area contributed by atoms with Crippen LogP contribution >= 0.6 is 0 Å². The number of carbonyl (C=O) groups is 1. The molecule has 2 N–H and O–H groups in total. The van der Waals surface area contributed by atoms with E-state index in [1.165, 1.54) is 6.07 Å². The quantitative estimate of drug-likeness (QED) is 0.411. The minimum Gasteiger partial charge on any atom is -0.508 e. The van der Waals surface area contributed by atoms with Gasteiger partial charge in [-0.1, -0.05) is 30.3 Å². The standard InChI is InChI=1S/C16H16BFO6/c18-14-6-7-15(16(13(14)10-19)24-17(20)21)23-9-8-22-11-12-4-2-1-3-5-12/h1-7,10,20-21H,8-9,11H2. The molecule has 0 aromatic heterocycles. The fraction of sp³-hybridized carbons (Fsp3) is 0.188. The zero-order valence-electron chi connectivity index (χ0n) is 12.7. The molecule has 0 radical (unpaired) electrons. The summed E-state index contributed by atoms with van der Waals surface area (Å²) in [5.74, 6) is -1.22. The van der Waals surface area contributed by atoms with Gasteiger partial charge in [-0.3, -0.25) is 4.79 Å². The maximum atomic E-state index is 13.6. The number of aldehydes is 1. The van der Waals surface area contributed by atoms with Gasteiger partial charge in [-0.2, -0.15) is 0 Å². The first-order valence-corrected chi connectivity index (χ1v) is 7.16. The van der Waals surface area contributed by atoms with Crippen molar-refractivity contribution in [1.82, 2.24) is 0 Å². The number of hydrogen-bond acceptors (Lipinski definition) is 6. The summed E-state index contributed by atoms with van der Waals surface area (Å²) in [5, 5.41) is 17.8. The van der Waals surface area contributed by atoms with Gasteiger partial charge in [0.05, 0.1) is 18.8 Å². The second-order valence-electron chi connectivity index (χ2n) is 4.74. The van der Waals surface area contributed by atoms with E-state index in [2.05, 4.69) is 4.65 Å². The van der Waals surface area contributed by atoms with E-state index in [0.717, 1.165) is 11.6 Å². The number of halogens is 1. The lowest BCUT2D eigenvalue weighted by Gasteiger charge is -2.14. The molecule has 6 nitrogen and oxygen atoms in total. The predicted octanol–water partition coefficient (Wildman–Crippen LogP) is 1.58. The first-order valence-electron chi connectivity index (χ1n) is 7.16.